The summed E-state index contributed by atoms with van der Waals surface area (Å²) in [5.74, 6) is -0.0470. The molecule has 0 aromatic carbocycles. The lowest BCUT2D eigenvalue weighted by Crippen LogP contribution is -2.39. The number of likely N-dealkylation sites (tertiary alicyclic amines) is 1. The highest BCUT2D eigenvalue weighted by atomic mass is 79.9. The SMILES string of the molecule is CCOC(=O)[C@@H]1CCCN(Cc2c(Br)c(C)nn2C)C1. The standard InChI is InChI=1S/C14H22BrN3O2/c1-4-20-14(19)11-6-5-7-18(8-11)9-12-13(15)10(2)16-17(12)3/h11H,4-9H2,1-3H3/t11-/m1/s1. The Kier molecular flexibility index (Phi) is 5.21. The van der Waals surface area contributed by atoms with Crippen molar-refractivity contribution in [2.24, 2.45) is 13.0 Å². The number of halogens is 1. The highest BCUT2D eigenvalue weighted by Crippen LogP contribution is 2.25. The van der Waals surface area contributed by atoms with Crippen molar-refractivity contribution in [3.63, 3.8) is 0 Å². The molecule has 0 radical (unpaired) electrons. The van der Waals surface area contributed by atoms with Gasteiger partial charge in [0.1, 0.15) is 0 Å². The smallest absolute Gasteiger partial charge is 0.310 e. The van der Waals surface area contributed by atoms with Crippen LogP contribution >= 0.6 is 15.9 Å². The van der Waals surface area contributed by atoms with Crippen molar-refractivity contribution in [1.82, 2.24) is 14.7 Å². The normalized spacial score (nSPS) is 20.1. The minimum atomic E-state index is -0.0579. The van der Waals surface area contributed by atoms with Gasteiger partial charge in [0.15, 0.2) is 0 Å². The molecule has 1 saturated heterocycles. The van der Waals surface area contributed by atoms with Crippen LogP contribution in [0.15, 0.2) is 4.47 Å². The lowest BCUT2D eigenvalue weighted by molar-refractivity contribution is -0.150. The van der Waals surface area contributed by atoms with Crippen molar-refractivity contribution in [1.29, 1.82) is 0 Å². The fourth-order valence-electron chi connectivity index (χ4n) is 2.72. The molecule has 0 saturated carbocycles. The number of aromatic nitrogens is 2. The summed E-state index contributed by atoms with van der Waals surface area (Å²) in [6.45, 7) is 6.91. The van der Waals surface area contributed by atoms with Gasteiger partial charge < -0.3 is 4.74 Å². The van der Waals surface area contributed by atoms with Crippen molar-refractivity contribution in [3.8, 4) is 0 Å². The maximum Gasteiger partial charge on any atom is 0.310 e. The molecule has 0 unspecified atom stereocenters. The Labute approximate surface area is 128 Å². The molecule has 1 aromatic heterocycles. The van der Waals surface area contributed by atoms with Crippen LogP contribution in [0.4, 0.5) is 0 Å². The van der Waals surface area contributed by atoms with Gasteiger partial charge in [-0.15, -0.1) is 0 Å². The zero-order valence-electron chi connectivity index (χ0n) is 12.4. The first-order chi connectivity index (χ1) is 9.52. The van der Waals surface area contributed by atoms with Gasteiger partial charge in [-0.3, -0.25) is 14.4 Å². The van der Waals surface area contributed by atoms with Crippen LogP contribution in [0.2, 0.25) is 0 Å². The third-order valence-corrected chi connectivity index (χ3v) is 4.79. The lowest BCUT2D eigenvalue weighted by Gasteiger charge is -2.31. The van der Waals surface area contributed by atoms with Crippen LogP contribution in [-0.2, 0) is 23.1 Å². The van der Waals surface area contributed by atoms with Gasteiger partial charge in [-0.2, -0.15) is 5.10 Å². The van der Waals surface area contributed by atoms with Crippen molar-refractivity contribution in [3.05, 3.63) is 15.9 Å². The highest BCUT2D eigenvalue weighted by Gasteiger charge is 2.27. The molecule has 0 N–H and O–H groups in total. The topological polar surface area (TPSA) is 47.4 Å². The van der Waals surface area contributed by atoms with E-state index < -0.39 is 0 Å². The zero-order chi connectivity index (χ0) is 14.7. The number of nitrogens with zero attached hydrogens (tertiary/aromatic N) is 3. The van der Waals surface area contributed by atoms with Crippen LogP contribution < -0.4 is 0 Å². The van der Waals surface area contributed by atoms with Gasteiger partial charge in [-0.25, -0.2) is 0 Å². The summed E-state index contributed by atoms with van der Waals surface area (Å²) < 4.78 is 8.12. The fourth-order valence-corrected chi connectivity index (χ4v) is 3.18. The van der Waals surface area contributed by atoms with E-state index in [0.717, 1.165) is 48.3 Å². The lowest BCUT2D eigenvalue weighted by atomic mass is 9.98. The van der Waals surface area contributed by atoms with Gasteiger partial charge in [0.05, 0.1) is 28.4 Å². The molecule has 0 aliphatic carbocycles. The summed E-state index contributed by atoms with van der Waals surface area (Å²) >= 11 is 3.60. The Bertz CT molecular complexity index is 487. The van der Waals surface area contributed by atoms with E-state index in [2.05, 4.69) is 25.9 Å². The van der Waals surface area contributed by atoms with Crippen molar-refractivity contribution < 1.29 is 9.53 Å². The number of aryl methyl sites for hydroxylation is 2. The first-order valence-electron chi connectivity index (χ1n) is 7.09. The zero-order valence-corrected chi connectivity index (χ0v) is 13.9. The third kappa shape index (κ3) is 3.41. The monoisotopic (exact) mass is 343 g/mol. The first-order valence-corrected chi connectivity index (χ1v) is 7.89. The number of carbonyl (C=O) groups excluding carboxylic acids is 1. The third-order valence-electron chi connectivity index (χ3n) is 3.76. The highest BCUT2D eigenvalue weighted by molar-refractivity contribution is 9.10. The van der Waals surface area contributed by atoms with Crippen LogP contribution in [-0.4, -0.2) is 40.3 Å². The molecule has 2 heterocycles. The molecule has 0 amide bonds. The number of ether oxygens (including phenoxy) is 1. The summed E-state index contributed by atoms with van der Waals surface area (Å²) in [5.41, 5.74) is 2.16. The second-order valence-electron chi connectivity index (χ2n) is 5.30. The molecule has 1 aliphatic heterocycles. The minimum Gasteiger partial charge on any atom is -0.466 e. The average molecular weight is 344 g/mol. The maximum absolute atomic E-state index is 11.9. The van der Waals surface area contributed by atoms with Gasteiger partial charge >= 0.3 is 5.97 Å². The number of hydrogen-bond donors (Lipinski definition) is 0. The Balaban J connectivity index is 2.01. The molecular weight excluding hydrogens is 322 g/mol. The minimum absolute atomic E-state index is 0.0109. The summed E-state index contributed by atoms with van der Waals surface area (Å²) in [7, 11) is 1.96. The van der Waals surface area contributed by atoms with E-state index in [0.29, 0.717) is 6.61 Å². The summed E-state index contributed by atoms with van der Waals surface area (Å²) in [4.78, 5) is 14.2. The van der Waals surface area contributed by atoms with E-state index in [1.165, 1.54) is 0 Å². The van der Waals surface area contributed by atoms with Crippen molar-refractivity contribution in [2.45, 2.75) is 33.2 Å². The number of rotatable bonds is 4. The Hall–Kier alpha value is -0.880. The number of carbonyl (C=O) groups is 1. The molecule has 5 nitrogen and oxygen atoms in total. The predicted octanol–water partition coefficient (Wildman–Crippen LogP) is 2.27. The van der Waals surface area contributed by atoms with Crippen LogP contribution in [0.5, 0.6) is 0 Å². The van der Waals surface area contributed by atoms with E-state index in [4.69, 9.17) is 4.74 Å². The van der Waals surface area contributed by atoms with E-state index in [9.17, 15) is 4.79 Å². The summed E-state index contributed by atoms with van der Waals surface area (Å²) in [5, 5.41) is 4.41. The second kappa shape index (κ2) is 6.72. The molecule has 1 fully saturated rings. The quantitative estimate of drug-likeness (QED) is 0.787. The second-order valence-corrected chi connectivity index (χ2v) is 6.09. The predicted molar refractivity (Wildman–Crippen MR) is 80.3 cm³/mol. The molecule has 112 valence electrons. The summed E-state index contributed by atoms with van der Waals surface area (Å²) in [6, 6.07) is 0. The molecule has 0 bridgehead atoms. The molecule has 20 heavy (non-hydrogen) atoms. The molecule has 2 rings (SSSR count). The van der Waals surface area contributed by atoms with Gasteiger partial charge in [0.25, 0.3) is 0 Å². The number of esters is 1. The van der Waals surface area contributed by atoms with Crippen LogP contribution in [0.25, 0.3) is 0 Å². The Morgan fingerprint density at radius 1 is 1.55 bits per heavy atom. The fraction of sp³-hybridized carbons (Fsp3) is 0.714. The van der Waals surface area contributed by atoms with Crippen molar-refractivity contribution >= 4 is 21.9 Å². The van der Waals surface area contributed by atoms with Crippen LogP contribution in [0.1, 0.15) is 31.2 Å². The number of piperidine rings is 1. The van der Waals surface area contributed by atoms with E-state index in [1.54, 1.807) is 0 Å². The van der Waals surface area contributed by atoms with Gasteiger partial charge in [0, 0.05) is 20.1 Å². The van der Waals surface area contributed by atoms with E-state index >= 15 is 0 Å². The Morgan fingerprint density at radius 2 is 2.30 bits per heavy atom. The van der Waals surface area contributed by atoms with Gasteiger partial charge in [-0.05, 0) is 49.2 Å². The maximum atomic E-state index is 11.9. The summed E-state index contributed by atoms with van der Waals surface area (Å²) in [6.07, 6.45) is 1.97. The van der Waals surface area contributed by atoms with Crippen molar-refractivity contribution in [2.75, 3.05) is 19.7 Å². The van der Waals surface area contributed by atoms with Crippen LogP contribution in [0.3, 0.4) is 0 Å². The molecule has 1 atom stereocenters. The van der Waals surface area contributed by atoms with Crippen LogP contribution in [0, 0.1) is 12.8 Å². The Morgan fingerprint density at radius 3 is 2.90 bits per heavy atom. The molecule has 0 spiro atoms. The molecular formula is C14H22BrN3O2. The van der Waals surface area contributed by atoms with E-state index in [1.807, 2.05) is 25.6 Å². The largest absolute Gasteiger partial charge is 0.466 e. The van der Waals surface area contributed by atoms with Gasteiger partial charge in [-0.1, -0.05) is 0 Å². The van der Waals surface area contributed by atoms with Gasteiger partial charge in [0.2, 0.25) is 0 Å². The molecule has 1 aromatic rings. The average Bonchev–Trinajstić information content (AvgIpc) is 2.66. The van der Waals surface area contributed by atoms with E-state index in [-0.39, 0.29) is 11.9 Å². The first kappa shape index (κ1) is 15.5. The number of hydrogen-bond acceptors (Lipinski definition) is 4. The molecule has 1 aliphatic rings. The molecule has 6 heteroatoms.